The highest BCUT2D eigenvalue weighted by molar-refractivity contribution is 7.99. The lowest BCUT2D eigenvalue weighted by Crippen LogP contribution is -2.01. The van der Waals surface area contributed by atoms with Gasteiger partial charge in [-0.15, -0.1) is 0 Å². The van der Waals surface area contributed by atoms with E-state index in [-0.39, 0.29) is 5.69 Å². The van der Waals surface area contributed by atoms with Crippen molar-refractivity contribution in [1.82, 2.24) is 19.9 Å². The SMILES string of the molecule is O=C(O)c1ccnc(Sc2ncc[nH]2)n1. The van der Waals surface area contributed by atoms with Gasteiger partial charge in [0.2, 0.25) is 0 Å². The predicted molar refractivity (Wildman–Crippen MR) is 51.7 cm³/mol. The number of imidazole rings is 1. The van der Waals surface area contributed by atoms with Crippen LogP contribution in [0.15, 0.2) is 35.0 Å². The van der Waals surface area contributed by atoms with E-state index in [9.17, 15) is 4.79 Å². The van der Waals surface area contributed by atoms with Gasteiger partial charge in [0.1, 0.15) is 0 Å². The Labute approximate surface area is 88.8 Å². The number of hydrogen-bond acceptors (Lipinski definition) is 5. The molecule has 0 unspecified atom stereocenters. The first-order valence-corrected chi connectivity index (χ1v) is 4.81. The first-order valence-electron chi connectivity index (χ1n) is 3.99. The van der Waals surface area contributed by atoms with Crippen LogP contribution in [-0.4, -0.2) is 31.0 Å². The Morgan fingerprint density at radius 3 is 2.93 bits per heavy atom. The van der Waals surface area contributed by atoms with Gasteiger partial charge in [0.15, 0.2) is 16.0 Å². The average Bonchev–Trinajstić information content (AvgIpc) is 2.71. The fourth-order valence-corrected chi connectivity index (χ4v) is 1.57. The Kier molecular flexibility index (Phi) is 2.64. The highest BCUT2D eigenvalue weighted by Crippen LogP contribution is 2.19. The molecule has 7 heteroatoms. The molecular weight excluding hydrogens is 216 g/mol. The van der Waals surface area contributed by atoms with Gasteiger partial charge in [0, 0.05) is 18.6 Å². The minimum Gasteiger partial charge on any atom is -0.477 e. The van der Waals surface area contributed by atoms with Crippen molar-refractivity contribution in [2.45, 2.75) is 10.3 Å². The first-order chi connectivity index (χ1) is 7.25. The lowest BCUT2D eigenvalue weighted by Gasteiger charge is -1.97. The van der Waals surface area contributed by atoms with E-state index in [2.05, 4.69) is 19.9 Å². The van der Waals surface area contributed by atoms with E-state index >= 15 is 0 Å². The summed E-state index contributed by atoms with van der Waals surface area (Å²) in [4.78, 5) is 25.2. The van der Waals surface area contributed by atoms with Gasteiger partial charge in [-0.25, -0.2) is 19.7 Å². The van der Waals surface area contributed by atoms with Crippen molar-refractivity contribution in [1.29, 1.82) is 0 Å². The molecule has 15 heavy (non-hydrogen) atoms. The average molecular weight is 222 g/mol. The number of carboxylic acid groups (broad SMARTS) is 1. The van der Waals surface area contributed by atoms with Crippen LogP contribution in [0.1, 0.15) is 10.5 Å². The largest absolute Gasteiger partial charge is 0.477 e. The van der Waals surface area contributed by atoms with Crippen LogP contribution in [0.3, 0.4) is 0 Å². The van der Waals surface area contributed by atoms with E-state index in [1.54, 1.807) is 12.4 Å². The molecule has 2 aromatic rings. The number of aromatic carboxylic acids is 1. The van der Waals surface area contributed by atoms with E-state index in [0.29, 0.717) is 10.3 Å². The predicted octanol–water partition coefficient (Wildman–Crippen LogP) is 1.05. The van der Waals surface area contributed by atoms with Crippen LogP contribution in [0.5, 0.6) is 0 Å². The molecule has 0 spiro atoms. The Bertz CT molecular complexity index is 471. The molecule has 76 valence electrons. The van der Waals surface area contributed by atoms with Gasteiger partial charge in [0.05, 0.1) is 0 Å². The number of nitrogens with one attached hydrogen (secondary N) is 1. The molecule has 2 rings (SSSR count). The molecule has 0 radical (unpaired) electrons. The van der Waals surface area contributed by atoms with Gasteiger partial charge in [0.25, 0.3) is 0 Å². The highest BCUT2D eigenvalue weighted by Gasteiger charge is 2.07. The zero-order valence-electron chi connectivity index (χ0n) is 7.41. The monoisotopic (exact) mass is 222 g/mol. The molecule has 6 nitrogen and oxygen atoms in total. The zero-order chi connectivity index (χ0) is 10.7. The molecule has 2 N–H and O–H groups in total. The number of rotatable bonds is 3. The summed E-state index contributed by atoms with van der Waals surface area (Å²) in [7, 11) is 0. The molecule has 2 aromatic heterocycles. The fourth-order valence-electron chi connectivity index (χ4n) is 0.902. The van der Waals surface area contributed by atoms with Crippen molar-refractivity contribution < 1.29 is 9.90 Å². The third-order valence-corrected chi connectivity index (χ3v) is 2.31. The van der Waals surface area contributed by atoms with Crippen molar-refractivity contribution in [3.63, 3.8) is 0 Å². The topological polar surface area (TPSA) is 91.8 Å². The van der Waals surface area contributed by atoms with E-state index < -0.39 is 5.97 Å². The summed E-state index contributed by atoms with van der Waals surface area (Å²) in [6, 6.07) is 1.34. The minimum absolute atomic E-state index is 0.0287. The molecule has 0 amide bonds. The number of carboxylic acids is 1. The first kappa shape index (κ1) is 9.66. The van der Waals surface area contributed by atoms with Crippen LogP contribution in [-0.2, 0) is 0 Å². The second kappa shape index (κ2) is 4.09. The normalized spacial score (nSPS) is 10.1. The van der Waals surface area contributed by atoms with E-state index in [4.69, 9.17) is 5.11 Å². The molecule has 0 saturated carbocycles. The van der Waals surface area contributed by atoms with Gasteiger partial charge < -0.3 is 10.1 Å². The second-order valence-electron chi connectivity index (χ2n) is 2.53. The Morgan fingerprint density at radius 2 is 2.27 bits per heavy atom. The summed E-state index contributed by atoms with van der Waals surface area (Å²) in [6.45, 7) is 0. The van der Waals surface area contributed by atoms with Crippen molar-refractivity contribution in [2.24, 2.45) is 0 Å². The standard InChI is InChI=1S/C8H6N4O2S/c13-6(14)5-1-2-9-8(12-5)15-7-10-3-4-11-7/h1-4H,(H,10,11)(H,13,14). The summed E-state index contributed by atoms with van der Waals surface area (Å²) in [5, 5.41) is 9.69. The van der Waals surface area contributed by atoms with Gasteiger partial charge in [-0.2, -0.15) is 0 Å². The van der Waals surface area contributed by atoms with Crippen molar-refractivity contribution in [3.8, 4) is 0 Å². The number of hydrogen-bond donors (Lipinski definition) is 2. The quantitative estimate of drug-likeness (QED) is 0.754. The van der Waals surface area contributed by atoms with Gasteiger partial charge in [-0.1, -0.05) is 0 Å². The van der Waals surface area contributed by atoms with Crippen molar-refractivity contribution in [3.05, 3.63) is 30.4 Å². The van der Waals surface area contributed by atoms with E-state index in [0.717, 1.165) is 0 Å². The Balaban J connectivity index is 2.22. The van der Waals surface area contributed by atoms with E-state index in [1.165, 1.54) is 24.0 Å². The summed E-state index contributed by atoms with van der Waals surface area (Å²) in [6.07, 6.45) is 4.68. The molecule has 2 heterocycles. The van der Waals surface area contributed by atoms with Crippen LogP contribution in [0, 0.1) is 0 Å². The number of carbonyl (C=O) groups is 1. The molecule has 0 aliphatic rings. The van der Waals surface area contributed by atoms with Gasteiger partial charge >= 0.3 is 5.97 Å². The fraction of sp³-hybridized carbons (Fsp3) is 0. The molecule has 0 bridgehead atoms. The number of nitrogens with zero attached hydrogens (tertiary/aromatic N) is 3. The van der Waals surface area contributed by atoms with Crippen LogP contribution >= 0.6 is 11.8 Å². The summed E-state index contributed by atoms with van der Waals surface area (Å²) >= 11 is 1.17. The third kappa shape index (κ3) is 2.32. The minimum atomic E-state index is -1.07. The molecule has 0 aliphatic heterocycles. The Morgan fingerprint density at radius 1 is 1.40 bits per heavy atom. The Hall–Kier alpha value is -1.89. The third-order valence-electron chi connectivity index (χ3n) is 1.51. The molecule has 0 saturated heterocycles. The summed E-state index contributed by atoms with van der Waals surface area (Å²) < 4.78 is 0. The maximum absolute atomic E-state index is 10.6. The van der Waals surface area contributed by atoms with E-state index in [1.807, 2.05) is 0 Å². The van der Waals surface area contributed by atoms with Crippen LogP contribution in [0.4, 0.5) is 0 Å². The molecule has 0 aliphatic carbocycles. The number of H-pyrrole nitrogens is 1. The van der Waals surface area contributed by atoms with Gasteiger partial charge in [-0.3, -0.25) is 0 Å². The lowest BCUT2D eigenvalue weighted by atomic mass is 10.4. The molecule has 0 fully saturated rings. The maximum Gasteiger partial charge on any atom is 0.354 e. The second-order valence-corrected chi connectivity index (χ2v) is 3.48. The smallest absolute Gasteiger partial charge is 0.354 e. The summed E-state index contributed by atoms with van der Waals surface area (Å²) in [5.41, 5.74) is -0.0287. The number of aromatic amines is 1. The van der Waals surface area contributed by atoms with Crippen molar-refractivity contribution in [2.75, 3.05) is 0 Å². The zero-order valence-corrected chi connectivity index (χ0v) is 8.23. The van der Waals surface area contributed by atoms with Gasteiger partial charge in [-0.05, 0) is 17.8 Å². The molecule has 0 atom stereocenters. The summed E-state index contributed by atoms with van der Waals surface area (Å²) in [5.74, 6) is -1.07. The lowest BCUT2D eigenvalue weighted by molar-refractivity contribution is 0.0689. The van der Waals surface area contributed by atoms with Crippen LogP contribution in [0.25, 0.3) is 0 Å². The highest BCUT2D eigenvalue weighted by atomic mass is 32.2. The maximum atomic E-state index is 10.6. The molecule has 0 aromatic carbocycles. The van der Waals surface area contributed by atoms with Crippen molar-refractivity contribution >= 4 is 17.7 Å². The number of aromatic nitrogens is 4. The molecular formula is C8H6N4O2S. The van der Waals surface area contributed by atoms with Crippen LogP contribution in [0.2, 0.25) is 0 Å². The van der Waals surface area contributed by atoms with Crippen LogP contribution < -0.4 is 0 Å².